The summed E-state index contributed by atoms with van der Waals surface area (Å²) >= 11 is 0. The number of nitrogens with zero attached hydrogens (tertiary/aromatic N) is 8. The van der Waals surface area contributed by atoms with E-state index in [0.29, 0.717) is 42.0 Å². The zero-order valence-electron chi connectivity index (χ0n) is 18.8. The fourth-order valence-corrected chi connectivity index (χ4v) is 4.11. The molecule has 11 heteroatoms. The summed E-state index contributed by atoms with van der Waals surface area (Å²) in [6, 6.07) is 7.29. The number of imidazole rings is 1. The Morgan fingerprint density at radius 1 is 1.24 bits per heavy atom. The molecule has 1 aliphatic heterocycles. The predicted octanol–water partition coefficient (Wildman–Crippen LogP) is 2.51. The van der Waals surface area contributed by atoms with E-state index in [4.69, 9.17) is 4.74 Å². The number of benzene rings is 1. The number of aromatic nitrogens is 7. The van der Waals surface area contributed by atoms with Gasteiger partial charge in [-0.2, -0.15) is 0 Å². The Balaban J connectivity index is 1.33. The van der Waals surface area contributed by atoms with E-state index in [1.807, 2.05) is 41.9 Å². The average molecular weight is 457 g/mol. The van der Waals surface area contributed by atoms with Gasteiger partial charge in [-0.1, -0.05) is 6.07 Å². The molecule has 0 atom stereocenters. The molecular weight excluding hydrogens is 434 g/mol. The molecular formula is C23H23N9O2. The number of amides is 1. The van der Waals surface area contributed by atoms with Crippen LogP contribution < -0.4 is 15.0 Å². The van der Waals surface area contributed by atoms with Crippen molar-refractivity contribution in [2.45, 2.75) is 25.3 Å². The van der Waals surface area contributed by atoms with E-state index in [-0.39, 0.29) is 5.91 Å². The lowest BCUT2D eigenvalue weighted by atomic mass is 10.1. The van der Waals surface area contributed by atoms with Crippen LogP contribution in [0.1, 0.15) is 34.9 Å². The van der Waals surface area contributed by atoms with E-state index in [1.165, 1.54) is 12.8 Å². The van der Waals surface area contributed by atoms with Gasteiger partial charge < -0.3 is 19.5 Å². The molecule has 0 saturated heterocycles. The van der Waals surface area contributed by atoms with E-state index in [2.05, 4.69) is 30.8 Å². The van der Waals surface area contributed by atoms with Crippen LogP contribution in [-0.4, -0.2) is 61.4 Å². The number of carbonyl (C=O) groups excluding carboxylic acids is 1. The van der Waals surface area contributed by atoms with Gasteiger partial charge in [0.2, 0.25) is 0 Å². The van der Waals surface area contributed by atoms with Crippen LogP contribution in [0.25, 0.3) is 17.1 Å². The van der Waals surface area contributed by atoms with Crippen molar-refractivity contribution in [3.8, 4) is 22.8 Å². The van der Waals surface area contributed by atoms with Crippen molar-refractivity contribution in [3.63, 3.8) is 0 Å². The van der Waals surface area contributed by atoms with Crippen molar-refractivity contribution in [1.82, 2.24) is 34.7 Å². The predicted molar refractivity (Wildman–Crippen MR) is 124 cm³/mol. The minimum Gasteiger partial charge on any atom is -0.489 e. The van der Waals surface area contributed by atoms with Crippen LogP contribution in [-0.2, 0) is 6.54 Å². The second-order valence-electron chi connectivity index (χ2n) is 8.64. The molecule has 1 saturated carbocycles. The zero-order valence-corrected chi connectivity index (χ0v) is 18.8. The molecule has 0 radical (unpaired) electrons. The number of anilines is 2. The number of nitrogens with one attached hydrogen (secondary N) is 1. The fourth-order valence-electron chi connectivity index (χ4n) is 4.11. The van der Waals surface area contributed by atoms with Gasteiger partial charge >= 0.3 is 0 Å². The Hall–Kier alpha value is -4.28. The summed E-state index contributed by atoms with van der Waals surface area (Å²) < 4.78 is 9.59. The van der Waals surface area contributed by atoms with E-state index in [9.17, 15) is 4.79 Å². The van der Waals surface area contributed by atoms with Crippen molar-refractivity contribution < 1.29 is 9.53 Å². The van der Waals surface area contributed by atoms with Gasteiger partial charge in [0.25, 0.3) is 5.91 Å². The first kappa shape index (κ1) is 20.3. The van der Waals surface area contributed by atoms with E-state index in [0.717, 1.165) is 22.6 Å². The number of carbonyl (C=O) groups is 1. The van der Waals surface area contributed by atoms with Gasteiger partial charge in [0, 0.05) is 26.2 Å². The second-order valence-corrected chi connectivity index (χ2v) is 8.64. The molecule has 1 N–H and O–H groups in total. The molecule has 0 unspecified atom stereocenters. The van der Waals surface area contributed by atoms with Crippen molar-refractivity contribution in [2.75, 3.05) is 30.9 Å². The Bertz CT molecular complexity index is 1390. The maximum absolute atomic E-state index is 13.3. The summed E-state index contributed by atoms with van der Waals surface area (Å²) in [5.41, 5.74) is 4.37. The monoisotopic (exact) mass is 457 g/mol. The lowest BCUT2D eigenvalue weighted by molar-refractivity contribution is 0.102. The molecule has 4 aromatic rings. The van der Waals surface area contributed by atoms with Crippen LogP contribution in [0.3, 0.4) is 0 Å². The highest BCUT2D eigenvalue weighted by Crippen LogP contribution is 2.40. The Morgan fingerprint density at radius 2 is 2.12 bits per heavy atom. The largest absolute Gasteiger partial charge is 0.489 e. The molecule has 0 spiro atoms. The molecule has 0 bridgehead atoms. The Labute approximate surface area is 195 Å². The highest BCUT2D eigenvalue weighted by atomic mass is 16.5. The number of para-hydroxylation sites is 1. The third kappa shape index (κ3) is 3.54. The molecule has 1 amide bonds. The fraction of sp³-hybridized carbons (Fsp3) is 0.304. The molecule has 1 aromatic carbocycles. The number of fused-ring (bicyclic) bond motifs is 3. The molecule has 4 heterocycles. The number of hydrogen-bond acceptors (Lipinski definition) is 8. The SMILES string of the molecule is CN(C)c1cnc(C(=O)Nc2cccc3c2OCCn2nnnc2-3)cc1-n1cnc(C2CC2)c1. The van der Waals surface area contributed by atoms with E-state index in [1.54, 1.807) is 29.3 Å². The molecule has 6 rings (SSSR count). The molecule has 172 valence electrons. The lowest BCUT2D eigenvalue weighted by Gasteiger charge is -2.18. The van der Waals surface area contributed by atoms with Crippen molar-refractivity contribution >= 4 is 17.3 Å². The first-order valence-corrected chi connectivity index (χ1v) is 11.1. The maximum Gasteiger partial charge on any atom is 0.274 e. The van der Waals surface area contributed by atoms with Crippen LogP contribution in [0, 0.1) is 0 Å². The van der Waals surface area contributed by atoms with Gasteiger partial charge in [-0.25, -0.2) is 14.6 Å². The first-order chi connectivity index (χ1) is 16.6. The van der Waals surface area contributed by atoms with E-state index < -0.39 is 0 Å². The molecule has 2 aliphatic rings. The standard InChI is InChI=1S/C23H23N9O2/c1-30(2)20-11-24-17(10-19(20)31-12-18(25-13-31)14-6-7-14)23(33)26-16-5-3-4-15-21(16)34-9-8-32-22(15)27-28-29-32/h3-5,10-14H,6-9H2,1-2H3,(H,26,33). The van der Waals surface area contributed by atoms with Crippen LogP contribution in [0.4, 0.5) is 11.4 Å². The van der Waals surface area contributed by atoms with Gasteiger partial charge in [0.05, 0.1) is 47.4 Å². The third-order valence-corrected chi connectivity index (χ3v) is 6.04. The van der Waals surface area contributed by atoms with Crippen molar-refractivity contribution in [3.05, 3.63) is 54.4 Å². The highest BCUT2D eigenvalue weighted by molar-refractivity contribution is 6.05. The smallest absolute Gasteiger partial charge is 0.274 e. The lowest BCUT2D eigenvalue weighted by Crippen LogP contribution is -2.18. The van der Waals surface area contributed by atoms with Gasteiger partial charge in [0.1, 0.15) is 12.3 Å². The van der Waals surface area contributed by atoms with Gasteiger partial charge in [0.15, 0.2) is 11.6 Å². The Morgan fingerprint density at radius 3 is 2.94 bits per heavy atom. The zero-order chi connectivity index (χ0) is 23.2. The van der Waals surface area contributed by atoms with Crippen LogP contribution in [0.2, 0.25) is 0 Å². The molecule has 11 nitrogen and oxygen atoms in total. The topological polar surface area (TPSA) is 116 Å². The summed E-state index contributed by atoms with van der Waals surface area (Å²) in [5, 5.41) is 14.8. The molecule has 1 fully saturated rings. The number of ether oxygens (including phenoxy) is 1. The van der Waals surface area contributed by atoms with Crippen molar-refractivity contribution in [2.24, 2.45) is 0 Å². The molecule has 3 aromatic heterocycles. The number of hydrogen-bond donors (Lipinski definition) is 1. The van der Waals surface area contributed by atoms with Gasteiger partial charge in [-0.3, -0.25) is 4.79 Å². The minimum atomic E-state index is -0.338. The van der Waals surface area contributed by atoms with Crippen LogP contribution >= 0.6 is 0 Å². The maximum atomic E-state index is 13.3. The average Bonchev–Trinajstić information content (AvgIpc) is 3.44. The number of rotatable bonds is 5. The highest BCUT2D eigenvalue weighted by Gasteiger charge is 2.27. The summed E-state index contributed by atoms with van der Waals surface area (Å²) in [6.07, 6.45) is 7.90. The van der Waals surface area contributed by atoms with Crippen molar-refractivity contribution in [1.29, 1.82) is 0 Å². The second kappa shape index (κ2) is 7.94. The van der Waals surface area contributed by atoms with Gasteiger partial charge in [-0.15, -0.1) is 5.10 Å². The summed E-state index contributed by atoms with van der Waals surface area (Å²) in [7, 11) is 3.90. The number of tetrazole rings is 1. The normalized spacial score (nSPS) is 14.5. The quantitative estimate of drug-likeness (QED) is 0.486. The summed E-state index contributed by atoms with van der Waals surface area (Å²) in [6.45, 7) is 0.914. The van der Waals surface area contributed by atoms with Crippen LogP contribution in [0.15, 0.2) is 43.0 Å². The minimum absolute atomic E-state index is 0.290. The third-order valence-electron chi connectivity index (χ3n) is 6.04. The molecule has 1 aliphatic carbocycles. The summed E-state index contributed by atoms with van der Waals surface area (Å²) in [5.74, 6) is 1.35. The first-order valence-electron chi connectivity index (χ1n) is 11.1. The van der Waals surface area contributed by atoms with Gasteiger partial charge in [-0.05, 0) is 41.5 Å². The number of pyridine rings is 1. The Kier molecular flexibility index (Phi) is 4.75. The van der Waals surface area contributed by atoms with Crippen LogP contribution in [0.5, 0.6) is 5.75 Å². The summed E-state index contributed by atoms with van der Waals surface area (Å²) in [4.78, 5) is 24.2. The molecule has 34 heavy (non-hydrogen) atoms. The van der Waals surface area contributed by atoms with E-state index >= 15 is 0 Å².